The first-order valence-electron chi connectivity index (χ1n) is 23.1. The largest absolute Gasteiger partial charge is 0.380 e. The highest BCUT2D eigenvalue weighted by Gasteiger charge is 2.32. The number of nitrogens with two attached hydrogens (primary N) is 1. The molecule has 0 radical (unpaired) electrons. The number of H-pyrrole nitrogens is 1. The second-order valence-electron chi connectivity index (χ2n) is 17.0. The van der Waals surface area contributed by atoms with Gasteiger partial charge in [-0.15, -0.1) is 11.8 Å². The third-order valence-corrected chi connectivity index (χ3v) is 13.1. The number of aliphatic hydroxyl groups excluding tert-OH is 2. The SMILES string of the molecule is CSC(=N)c1cnn2ccc(N3CCC[C@@H]3c3cc(F)ccc3F)nc12.NNC(=O)[C@@H](O)c1ccccc1.O[C@@H](c1ccccc1)c1nc(-c2cnn3ccc(N4CCC[C@@H]4c4cc(F)ccc4F)nc23)n[nH]1. The van der Waals surface area contributed by atoms with Gasteiger partial charge in [0.05, 0.1) is 40.6 Å². The molecule has 0 unspecified atom stereocenters. The van der Waals surface area contributed by atoms with Gasteiger partial charge in [0.25, 0.3) is 5.91 Å². The monoisotopic (exact) mass is 1010 g/mol. The number of halogens is 4. The van der Waals surface area contributed by atoms with Crippen molar-refractivity contribution < 1.29 is 32.6 Å². The van der Waals surface area contributed by atoms with Crippen molar-refractivity contribution in [3.8, 4) is 11.4 Å². The number of hydrogen-bond donors (Lipinski definition) is 6. The summed E-state index contributed by atoms with van der Waals surface area (Å²) in [5, 5.41) is 44.0. The van der Waals surface area contributed by atoms with Crippen molar-refractivity contribution in [2.75, 3.05) is 29.1 Å². The minimum absolute atomic E-state index is 0.257. The Labute approximate surface area is 419 Å². The van der Waals surface area contributed by atoms with Crippen LogP contribution in [0.25, 0.3) is 22.7 Å². The molecule has 7 heterocycles. The third-order valence-electron chi connectivity index (χ3n) is 12.5. The van der Waals surface area contributed by atoms with E-state index in [1.807, 2.05) is 63.9 Å². The molecule has 11 rings (SSSR count). The molecule has 2 fully saturated rings. The third kappa shape index (κ3) is 10.8. The van der Waals surface area contributed by atoms with Crippen LogP contribution in [0, 0.1) is 28.7 Å². The summed E-state index contributed by atoms with van der Waals surface area (Å²) in [6.07, 6.45) is 9.63. The van der Waals surface area contributed by atoms with Gasteiger partial charge in [0.1, 0.15) is 41.0 Å². The Morgan fingerprint density at radius 3 is 1.84 bits per heavy atom. The minimum Gasteiger partial charge on any atom is -0.380 e. The Hall–Kier alpha value is -8.05. The number of benzene rings is 4. The Balaban J connectivity index is 0.000000151. The highest BCUT2D eigenvalue weighted by Crippen LogP contribution is 2.39. The number of hydrazine groups is 1. The van der Waals surface area contributed by atoms with Crippen LogP contribution >= 0.6 is 11.8 Å². The number of nitrogens with zero attached hydrogens (tertiary/aromatic N) is 10. The maximum absolute atomic E-state index is 14.5. The highest BCUT2D eigenvalue weighted by molar-refractivity contribution is 8.13. The molecule has 4 atom stereocenters. The zero-order valence-corrected chi connectivity index (χ0v) is 39.8. The summed E-state index contributed by atoms with van der Waals surface area (Å²) < 4.78 is 59.5. The van der Waals surface area contributed by atoms with Crippen molar-refractivity contribution in [3.05, 3.63) is 191 Å². The predicted octanol–water partition coefficient (Wildman–Crippen LogP) is 7.96. The number of aromatic amines is 1. The van der Waals surface area contributed by atoms with Crippen LogP contribution in [0.3, 0.4) is 0 Å². The van der Waals surface area contributed by atoms with Crippen molar-refractivity contribution in [2.45, 2.75) is 50.0 Å². The van der Waals surface area contributed by atoms with Gasteiger partial charge in [-0.25, -0.2) is 47.4 Å². The zero-order valence-electron chi connectivity index (χ0n) is 39.0. The molecule has 4 aromatic carbocycles. The summed E-state index contributed by atoms with van der Waals surface area (Å²) in [5.74, 6) is 4.47. The first kappa shape index (κ1) is 49.9. The lowest BCUT2D eigenvalue weighted by molar-refractivity contribution is -0.129. The molecule has 0 saturated carbocycles. The van der Waals surface area contributed by atoms with E-state index in [9.17, 15) is 32.6 Å². The van der Waals surface area contributed by atoms with Gasteiger partial charge >= 0.3 is 0 Å². The van der Waals surface area contributed by atoms with E-state index in [0.29, 0.717) is 92.5 Å². The predicted molar refractivity (Wildman–Crippen MR) is 267 cm³/mol. The highest BCUT2D eigenvalue weighted by atomic mass is 32.2. The minimum atomic E-state index is -1.18. The molecule has 7 N–H and O–H groups in total. The summed E-state index contributed by atoms with van der Waals surface area (Å²) in [7, 11) is 0. The number of amides is 1. The lowest BCUT2D eigenvalue weighted by Crippen LogP contribution is -2.34. The summed E-state index contributed by atoms with van der Waals surface area (Å²) in [6, 6.07) is 27.9. The number of fused-ring (bicyclic) bond motifs is 2. The molecule has 374 valence electrons. The topological polar surface area (TPSA) is 228 Å². The molecule has 5 aromatic heterocycles. The Bertz CT molecular complexity index is 3380. The Morgan fingerprint density at radius 1 is 0.740 bits per heavy atom. The van der Waals surface area contributed by atoms with Gasteiger partial charge in [-0.1, -0.05) is 60.7 Å². The quantitative estimate of drug-likeness (QED) is 0.0191. The van der Waals surface area contributed by atoms with Gasteiger partial charge in [-0.3, -0.25) is 20.7 Å². The molecule has 73 heavy (non-hydrogen) atoms. The van der Waals surface area contributed by atoms with Gasteiger partial charge in [-0.2, -0.15) is 15.3 Å². The van der Waals surface area contributed by atoms with E-state index in [0.717, 1.165) is 37.5 Å². The van der Waals surface area contributed by atoms with Crippen LogP contribution in [0.2, 0.25) is 0 Å². The maximum atomic E-state index is 14.5. The summed E-state index contributed by atoms with van der Waals surface area (Å²) in [5.41, 5.74) is 6.13. The number of anilines is 2. The van der Waals surface area contributed by atoms with E-state index in [-0.39, 0.29) is 12.1 Å². The lowest BCUT2D eigenvalue weighted by atomic mass is 10.0. The van der Waals surface area contributed by atoms with E-state index in [4.69, 9.17) is 16.2 Å². The summed E-state index contributed by atoms with van der Waals surface area (Å²) in [4.78, 5) is 28.7. The van der Waals surface area contributed by atoms with Crippen LogP contribution in [-0.2, 0) is 4.79 Å². The first-order valence-corrected chi connectivity index (χ1v) is 24.3. The Kier molecular flexibility index (Phi) is 15.1. The normalized spacial score (nSPS) is 16.2. The maximum Gasteiger partial charge on any atom is 0.267 e. The molecular weight excluding hydrogens is 965 g/mol. The number of aromatic nitrogens is 9. The van der Waals surface area contributed by atoms with Crippen LogP contribution in [0.5, 0.6) is 0 Å². The fraction of sp³-hybridized carbons (Fsp3) is 0.216. The first-order chi connectivity index (χ1) is 35.4. The van der Waals surface area contributed by atoms with E-state index in [1.54, 1.807) is 64.2 Å². The summed E-state index contributed by atoms with van der Waals surface area (Å²) in [6.45, 7) is 1.38. The molecule has 2 aliphatic rings. The van der Waals surface area contributed by atoms with Crippen LogP contribution in [0.15, 0.2) is 134 Å². The molecule has 0 bridgehead atoms. The Morgan fingerprint density at radius 2 is 1.27 bits per heavy atom. The average Bonchev–Trinajstić information content (AvgIpc) is 4.30. The molecule has 2 aliphatic heterocycles. The second-order valence-corrected chi connectivity index (χ2v) is 17.8. The zero-order chi connectivity index (χ0) is 51.2. The molecular formula is C51H48F4N14O3S. The molecule has 9 aromatic rings. The molecule has 0 aliphatic carbocycles. The van der Waals surface area contributed by atoms with E-state index >= 15 is 0 Å². The van der Waals surface area contributed by atoms with E-state index < -0.39 is 41.4 Å². The van der Waals surface area contributed by atoms with Crippen molar-refractivity contribution in [1.82, 2.24) is 49.8 Å². The van der Waals surface area contributed by atoms with Crippen molar-refractivity contribution >= 4 is 45.6 Å². The lowest BCUT2D eigenvalue weighted by Gasteiger charge is -2.26. The average molecular weight is 1010 g/mol. The number of aliphatic hydroxyl groups is 2. The van der Waals surface area contributed by atoms with Gasteiger partial charge in [0, 0.05) is 36.6 Å². The van der Waals surface area contributed by atoms with E-state index in [1.165, 1.54) is 30.0 Å². The number of hydrogen-bond acceptors (Lipinski definition) is 14. The van der Waals surface area contributed by atoms with Crippen LogP contribution < -0.4 is 21.1 Å². The van der Waals surface area contributed by atoms with Gasteiger partial charge in [0.2, 0.25) is 0 Å². The van der Waals surface area contributed by atoms with Gasteiger partial charge < -0.3 is 20.0 Å². The molecule has 17 nitrogen and oxygen atoms in total. The van der Waals surface area contributed by atoms with E-state index in [2.05, 4.69) is 30.4 Å². The van der Waals surface area contributed by atoms with Crippen molar-refractivity contribution in [2.24, 2.45) is 5.84 Å². The number of carbonyl (C=O) groups excluding carboxylic acids is 1. The summed E-state index contributed by atoms with van der Waals surface area (Å²) >= 11 is 1.32. The fourth-order valence-electron chi connectivity index (χ4n) is 8.91. The number of thioether (sulfide) groups is 1. The number of nitrogens with one attached hydrogen (secondary N) is 3. The smallest absolute Gasteiger partial charge is 0.267 e. The molecule has 0 spiro atoms. The fourth-order valence-corrected chi connectivity index (χ4v) is 9.27. The van der Waals surface area contributed by atoms with Crippen LogP contribution in [0.1, 0.15) is 83.6 Å². The van der Waals surface area contributed by atoms with Gasteiger partial charge in [-0.05, 0) is 91.6 Å². The number of rotatable bonds is 10. The standard InChI is InChI=1S/C25H21F2N7O.C18H17F2N5S.C8H10N2O2/c26-16-8-9-19(27)17(13-16)20-7-4-11-33(20)21-10-12-34-25(29-21)18(14-28-34)23-30-24(32-31-23)22(35)15-5-2-1-3-6-15;1-26-17(21)13-10-22-25-8-6-16(23-18(13)25)24-7-2-3-15(24)12-9-11(19)4-5-14(12)20;9-10-8(12)7(11)6-4-2-1-3-5-6/h1-3,5-6,8-10,12-14,20,22,35H,4,7,11H2,(H,30,31,32);4-6,8-10,15,21H,2-3,7H2,1H3;1-5,7,11H,9H2,(H,10,12)/t20-,22+;15-;7-/m110/s1. The number of carbonyl (C=O) groups is 1. The van der Waals surface area contributed by atoms with Crippen molar-refractivity contribution in [3.63, 3.8) is 0 Å². The molecule has 22 heteroatoms. The second kappa shape index (κ2) is 22.2. The van der Waals surface area contributed by atoms with Gasteiger partial charge in [0.15, 0.2) is 29.0 Å². The molecule has 1 amide bonds. The van der Waals surface area contributed by atoms with Crippen LogP contribution in [-0.4, -0.2) is 84.9 Å². The van der Waals surface area contributed by atoms with Crippen molar-refractivity contribution in [1.29, 1.82) is 5.41 Å². The van der Waals surface area contributed by atoms with Crippen LogP contribution in [0.4, 0.5) is 29.2 Å². The molecule has 2 saturated heterocycles.